The third-order valence-corrected chi connectivity index (χ3v) is 9.98. The smallest absolute Gasteiger partial charge is 0.264 e. The maximum atomic E-state index is 14.3. The number of amides is 2. The van der Waals surface area contributed by atoms with Crippen LogP contribution in [-0.2, 0) is 26.2 Å². The van der Waals surface area contributed by atoms with Gasteiger partial charge in [0.05, 0.1) is 31.4 Å². The molecule has 0 bridgehead atoms. The van der Waals surface area contributed by atoms with E-state index < -0.39 is 28.5 Å². The predicted molar refractivity (Wildman–Crippen MR) is 178 cm³/mol. The van der Waals surface area contributed by atoms with E-state index >= 15 is 0 Å². The number of sulfonamides is 1. The van der Waals surface area contributed by atoms with E-state index in [9.17, 15) is 18.0 Å². The molecule has 0 radical (unpaired) electrons. The Morgan fingerprint density at radius 3 is 2.26 bits per heavy atom. The number of carbonyl (C=O) groups excluding carboxylic acids is 2. The lowest BCUT2D eigenvalue weighted by molar-refractivity contribution is -0.139. The lowest BCUT2D eigenvalue weighted by Gasteiger charge is -2.33. The monoisotopic (exact) mass is 651 g/mol. The molecular weight excluding hydrogens is 606 g/mol. The molecule has 1 aliphatic rings. The maximum Gasteiger partial charge on any atom is 0.264 e. The molecule has 0 spiro atoms. The fourth-order valence-corrected chi connectivity index (χ4v) is 7.10. The van der Waals surface area contributed by atoms with E-state index in [4.69, 9.17) is 14.2 Å². The van der Waals surface area contributed by atoms with Gasteiger partial charge in [-0.1, -0.05) is 49.1 Å². The molecule has 1 N–H and O–H groups in total. The average Bonchev–Trinajstić information content (AvgIpc) is 3.06. The molecule has 2 amide bonds. The van der Waals surface area contributed by atoms with Crippen molar-refractivity contribution >= 4 is 27.5 Å². The quantitative estimate of drug-likeness (QED) is 0.246. The summed E-state index contributed by atoms with van der Waals surface area (Å²) in [6.45, 7) is 5.54. The van der Waals surface area contributed by atoms with Crippen LogP contribution in [0.25, 0.3) is 0 Å². The summed E-state index contributed by atoms with van der Waals surface area (Å²) in [4.78, 5) is 29.2. The lowest BCUT2D eigenvalue weighted by Crippen LogP contribution is -2.53. The molecule has 0 heterocycles. The van der Waals surface area contributed by atoms with Crippen molar-refractivity contribution in [3.05, 3.63) is 77.9 Å². The third-order valence-electron chi connectivity index (χ3n) is 8.21. The first-order valence-electron chi connectivity index (χ1n) is 15.7. The van der Waals surface area contributed by atoms with Gasteiger partial charge >= 0.3 is 0 Å². The van der Waals surface area contributed by atoms with Crippen LogP contribution in [0.15, 0.2) is 71.6 Å². The van der Waals surface area contributed by atoms with Gasteiger partial charge in [0.2, 0.25) is 11.8 Å². The van der Waals surface area contributed by atoms with Gasteiger partial charge < -0.3 is 24.4 Å². The second-order valence-corrected chi connectivity index (χ2v) is 13.3. The summed E-state index contributed by atoms with van der Waals surface area (Å²) < 4.78 is 45.9. The maximum absolute atomic E-state index is 14.3. The average molecular weight is 652 g/mol. The molecule has 0 saturated heterocycles. The van der Waals surface area contributed by atoms with Crippen LogP contribution in [0.3, 0.4) is 0 Å². The number of nitrogens with one attached hydrogen (secondary N) is 1. The van der Waals surface area contributed by atoms with Crippen molar-refractivity contribution in [3.63, 3.8) is 0 Å². The van der Waals surface area contributed by atoms with Gasteiger partial charge in [-0.25, -0.2) is 8.42 Å². The fourth-order valence-electron chi connectivity index (χ4n) is 5.67. The number of benzene rings is 3. The van der Waals surface area contributed by atoms with Crippen LogP contribution in [0.4, 0.5) is 5.69 Å². The summed E-state index contributed by atoms with van der Waals surface area (Å²) in [5.74, 6) is 0.382. The zero-order valence-corrected chi connectivity index (χ0v) is 28.1. The molecular formula is C35H45N3O7S. The van der Waals surface area contributed by atoms with E-state index in [2.05, 4.69) is 5.32 Å². The highest BCUT2D eigenvalue weighted by Gasteiger charge is 2.33. The van der Waals surface area contributed by atoms with Crippen LogP contribution in [0, 0.1) is 6.92 Å². The van der Waals surface area contributed by atoms with Gasteiger partial charge in [-0.2, -0.15) is 0 Å². The molecule has 1 atom stereocenters. The molecule has 3 aromatic rings. The first-order chi connectivity index (χ1) is 22.1. The number of methoxy groups -OCH3 is 2. The van der Waals surface area contributed by atoms with Crippen LogP contribution in [0.2, 0.25) is 0 Å². The number of hydrogen-bond acceptors (Lipinski definition) is 7. The Kier molecular flexibility index (Phi) is 11.9. The molecule has 11 heteroatoms. The topological polar surface area (TPSA) is 114 Å². The molecule has 1 aliphatic carbocycles. The van der Waals surface area contributed by atoms with Gasteiger partial charge in [0.15, 0.2) is 11.5 Å². The normalized spacial score (nSPS) is 14.2. The highest BCUT2D eigenvalue weighted by Crippen LogP contribution is 2.33. The first-order valence-corrected chi connectivity index (χ1v) is 17.1. The largest absolute Gasteiger partial charge is 0.494 e. The van der Waals surface area contributed by atoms with Gasteiger partial charge in [-0.15, -0.1) is 0 Å². The zero-order chi connectivity index (χ0) is 33.3. The van der Waals surface area contributed by atoms with Gasteiger partial charge in [0.1, 0.15) is 18.3 Å². The summed E-state index contributed by atoms with van der Waals surface area (Å²) in [6.07, 6.45) is 5.06. The van der Waals surface area contributed by atoms with E-state index in [1.54, 1.807) is 31.2 Å². The minimum absolute atomic E-state index is 0.0606. The Bertz CT molecular complexity index is 1590. The van der Waals surface area contributed by atoms with E-state index in [-0.39, 0.29) is 34.8 Å². The first kappa shape index (κ1) is 34.6. The van der Waals surface area contributed by atoms with Crippen molar-refractivity contribution in [1.82, 2.24) is 10.2 Å². The highest BCUT2D eigenvalue weighted by atomic mass is 32.2. The fraction of sp³-hybridized carbons (Fsp3) is 0.429. The molecule has 0 aliphatic heterocycles. The molecule has 248 valence electrons. The molecule has 10 nitrogen and oxygen atoms in total. The number of aryl methyl sites for hydroxylation is 1. The second-order valence-electron chi connectivity index (χ2n) is 11.5. The summed E-state index contributed by atoms with van der Waals surface area (Å²) >= 11 is 0. The van der Waals surface area contributed by atoms with Crippen LogP contribution in [0.1, 0.15) is 57.1 Å². The van der Waals surface area contributed by atoms with E-state index in [0.717, 1.165) is 47.5 Å². The molecule has 1 unspecified atom stereocenters. The second kappa shape index (κ2) is 15.8. The molecule has 4 rings (SSSR count). The van der Waals surface area contributed by atoms with Crippen LogP contribution in [-0.4, -0.2) is 64.6 Å². The zero-order valence-electron chi connectivity index (χ0n) is 27.3. The van der Waals surface area contributed by atoms with E-state index in [0.29, 0.717) is 18.1 Å². The standard InChI is InChI=1S/C35H45N3O7S/c1-6-45-30-17-15-29(16-18-30)38(46(41,42)31-19-20-32(43-4)33(22-31)44-5)24-34(39)37(23-27-12-10-11-25(2)21-27)26(3)35(40)36-28-13-8-7-9-14-28/h10-12,15-22,26,28H,6-9,13-14,23-24H2,1-5H3,(H,36,40). The minimum Gasteiger partial charge on any atom is -0.494 e. The number of hydrogen-bond donors (Lipinski definition) is 1. The number of anilines is 1. The molecule has 1 fully saturated rings. The SMILES string of the molecule is CCOc1ccc(N(CC(=O)N(Cc2cccc(C)c2)C(C)C(=O)NC2CCCCC2)S(=O)(=O)c2ccc(OC)c(OC)c2)cc1. The Morgan fingerprint density at radius 2 is 1.63 bits per heavy atom. The Hall–Kier alpha value is -4.25. The van der Waals surface area contributed by atoms with Crippen molar-refractivity contribution in [2.45, 2.75) is 76.4 Å². The minimum atomic E-state index is -4.30. The molecule has 0 aromatic heterocycles. The van der Waals surface area contributed by atoms with Crippen LogP contribution >= 0.6 is 0 Å². The molecule has 1 saturated carbocycles. The van der Waals surface area contributed by atoms with Crippen molar-refractivity contribution in [2.75, 3.05) is 31.7 Å². The summed E-state index contributed by atoms with van der Waals surface area (Å²) in [6, 6.07) is 17.7. The Labute approximate surface area is 272 Å². The Morgan fingerprint density at radius 1 is 0.935 bits per heavy atom. The van der Waals surface area contributed by atoms with E-state index in [1.807, 2.05) is 38.1 Å². The number of carbonyl (C=O) groups is 2. The lowest BCUT2D eigenvalue weighted by atomic mass is 9.95. The summed E-state index contributed by atoms with van der Waals surface area (Å²) in [5.41, 5.74) is 2.11. The van der Waals surface area contributed by atoms with Crippen LogP contribution < -0.4 is 23.8 Å². The molecule has 3 aromatic carbocycles. The van der Waals surface area contributed by atoms with E-state index in [1.165, 1.54) is 37.3 Å². The van der Waals surface area contributed by atoms with Gasteiger partial charge in [0, 0.05) is 18.7 Å². The number of ether oxygens (including phenoxy) is 3. The van der Waals surface area contributed by atoms with Gasteiger partial charge in [-0.3, -0.25) is 13.9 Å². The Balaban J connectivity index is 1.72. The van der Waals surface area contributed by atoms with Crippen molar-refractivity contribution in [1.29, 1.82) is 0 Å². The van der Waals surface area contributed by atoms with Gasteiger partial charge in [-0.05, 0) is 75.6 Å². The van der Waals surface area contributed by atoms with Gasteiger partial charge in [0.25, 0.3) is 10.0 Å². The van der Waals surface area contributed by atoms with Crippen molar-refractivity contribution in [3.8, 4) is 17.2 Å². The third kappa shape index (κ3) is 8.51. The highest BCUT2D eigenvalue weighted by molar-refractivity contribution is 7.92. The number of nitrogens with zero attached hydrogens (tertiary/aromatic N) is 2. The summed E-state index contributed by atoms with van der Waals surface area (Å²) in [7, 11) is -1.42. The predicted octanol–water partition coefficient (Wildman–Crippen LogP) is 5.47. The van der Waals surface area contributed by atoms with Crippen LogP contribution in [0.5, 0.6) is 17.2 Å². The summed E-state index contributed by atoms with van der Waals surface area (Å²) in [5, 5.41) is 3.13. The van der Waals surface area contributed by atoms with Crippen molar-refractivity contribution < 1.29 is 32.2 Å². The van der Waals surface area contributed by atoms with Crippen molar-refractivity contribution in [2.24, 2.45) is 0 Å². The molecule has 46 heavy (non-hydrogen) atoms. The number of rotatable bonds is 14.